The largest absolute Gasteiger partial charge is 0.486 e. The Bertz CT molecular complexity index is 805. The summed E-state index contributed by atoms with van der Waals surface area (Å²) in [4.78, 5) is 24.6. The molecule has 136 valence electrons. The van der Waals surface area contributed by atoms with Crippen molar-refractivity contribution in [3.63, 3.8) is 0 Å². The Hall–Kier alpha value is -3.02. The molecule has 1 aliphatic rings. The second-order valence-corrected chi connectivity index (χ2v) is 6.13. The Kier molecular flexibility index (Phi) is 5.11. The first-order valence-electron chi connectivity index (χ1n) is 8.53. The number of fused-ring (bicyclic) bond motifs is 1. The molecule has 3 rings (SSSR count). The van der Waals surface area contributed by atoms with Crippen LogP contribution in [0.3, 0.4) is 0 Å². The molecule has 1 aliphatic heterocycles. The molecule has 0 fully saturated rings. The van der Waals surface area contributed by atoms with Gasteiger partial charge in [0.05, 0.1) is 6.42 Å². The zero-order valence-electron chi connectivity index (χ0n) is 14.5. The van der Waals surface area contributed by atoms with Crippen LogP contribution in [0, 0.1) is 0 Å². The quantitative estimate of drug-likeness (QED) is 0.832. The molecule has 0 saturated carbocycles. The summed E-state index contributed by atoms with van der Waals surface area (Å²) >= 11 is 0. The van der Waals surface area contributed by atoms with Gasteiger partial charge in [-0.05, 0) is 29.7 Å². The van der Waals surface area contributed by atoms with Gasteiger partial charge in [-0.1, -0.05) is 43.3 Å². The summed E-state index contributed by atoms with van der Waals surface area (Å²) in [7, 11) is 0. The minimum absolute atomic E-state index is 0.0541. The van der Waals surface area contributed by atoms with Gasteiger partial charge >= 0.3 is 5.97 Å². The molecular weight excluding hydrogens is 334 g/mol. The van der Waals surface area contributed by atoms with Crippen molar-refractivity contribution in [3.8, 4) is 11.5 Å². The molecule has 0 saturated heterocycles. The number of ether oxygens (including phenoxy) is 2. The molecule has 0 aromatic heterocycles. The molecule has 6 nitrogen and oxygen atoms in total. The van der Waals surface area contributed by atoms with Gasteiger partial charge in [-0.25, -0.2) is 4.79 Å². The molecule has 1 unspecified atom stereocenters. The summed E-state index contributed by atoms with van der Waals surface area (Å²) in [5.41, 5.74) is -0.174. The van der Waals surface area contributed by atoms with E-state index in [1.807, 2.05) is 6.07 Å². The first-order valence-corrected chi connectivity index (χ1v) is 8.53. The van der Waals surface area contributed by atoms with Crippen molar-refractivity contribution in [2.24, 2.45) is 0 Å². The summed E-state index contributed by atoms with van der Waals surface area (Å²) in [6.07, 6.45) is 0.289. The molecule has 2 aromatic carbocycles. The smallest absolute Gasteiger partial charge is 0.334 e. The van der Waals surface area contributed by atoms with Crippen LogP contribution in [-0.4, -0.2) is 30.2 Å². The van der Waals surface area contributed by atoms with Gasteiger partial charge in [-0.3, -0.25) is 4.79 Å². The van der Waals surface area contributed by atoms with Crippen LogP contribution >= 0.6 is 0 Å². The lowest BCUT2D eigenvalue weighted by Gasteiger charge is -2.30. The van der Waals surface area contributed by atoms with Gasteiger partial charge in [0.2, 0.25) is 5.91 Å². The number of nitrogens with one attached hydrogen (secondary N) is 1. The second kappa shape index (κ2) is 7.47. The van der Waals surface area contributed by atoms with Gasteiger partial charge in [0.1, 0.15) is 13.2 Å². The van der Waals surface area contributed by atoms with E-state index >= 15 is 0 Å². The van der Waals surface area contributed by atoms with Gasteiger partial charge in [0.15, 0.2) is 17.0 Å². The SMILES string of the molecule is CCC(NC(=O)Cc1ccc2c(c1)OCCO2)(C(=O)O)c1ccccc1. The van der Waals surface area contributed by atoms with Crippen molar-refractivity contribution < 1.29 is 24.2 Å². The van der Waals surface area contributed by atoms with Gasteiger partial charge in [0.25, 0.3) is 0 Å². The van der Waals surface area contributed by atoms with Gasteiger partial charge < -0.3 is 19.9 Å². The summed E-state index contributed by atoms with van der Waals surface area (Å²) < 4.78 is 11.0. The average molecular weight is 355 g/mol. The number of hydrogen-bond donors (Lipinski definition) is 2. The number of carbonyl (C=O) groups is 2. The maximum Gasteiger partial charge on any atom is 0.334 e. The zero-order valence-corrected chi connectivity index (χ0v) is 14.5. The highest BCUT2D eigenvalue weighted by Gasteiger charge is 2.40. The molecule has 0 radical (unpaired) electrons. The standard InChI is InChI=1S/C20H21NO5/c1-2-20(19(23)24,15-6-4-3-5-7-15)21-18(22)13-14-8-9-16-17(12-14)26-11-10-25-16/h3-9,12H,2,10-11,13H2,1H3,(H,21,22)(H,23,24). The second-order valence-electron chi connectivity index (χ2n) is 6.13. The van der Waals surface area contributed by atoms with E-state index in [1.165, 1.54) is 0 Å². The molecule has 0 bridgehead atoms. The number of amides is 1. The highest BCUT2D eigenvalue weighted by Crippen LogP contribution is 2.31. The molecule has 26 heavy (non-hydrogen) atoms. The van der Waals surface area contributed by atoms with Crippen molar-refractivity contribution in [2.45, 2.75) is 25.3 Å². The van der Waals surface area contributed by atoms with Crippen molar-refractivity contribution in [2.75, 3.05) is 13.2 Å². The molecule has 1 atom stereocenters. The summed E-state index contributed by atoms with van der Waals surface area (Å²) in [5.74, 6) is -0.195. The zero-order chi connectivity index (χ0) is 18.6. The normalized spacial score (nSPS) is 15.0. The van der Waals surface area contributed by atoms with Gasteiger partial charge in [-0.15, -0.1) is 0 Å². The molecule has 1 amide bonds. The maximum atomic E-state index is 12.6. The topological polar surface area (TPSA) is 84.9 Å². The third-order valence-corrected chi connectivity index (χ3v) is 4.49. The van der Waals surface area contributed by atoms with Crippen LogP contribution in [0.4, 0.5) is 0 Å². The van der Waals surface area contributed by atoms with Crippen LogP contribution < -0.4 is 14.8 Å². The molecule has 1 heterocycles. The van der Waals surface area contributed by atoms with E-state index in [0.717, 1.165) is 5.56 Å². The number of aliphatic carboxylic acids is 1. The molecule has 2 N–H and O–H groups in total. The predicted octanol–water partition coefficient (Wildman–Crippen LogP) is 2.51. The summed E-state index contributed by atoms with van der Waals surface area (Å²) in [5, 5.41) is 12.5. The van der Waals surface area contributed by atoms with E-state index in [2.05, 4.69) is 5.32 Å². The van der Waals surface area contributed by atoms with E-state index in [0.29, 0.717) is 30.3 Å². The Morgan fingerprint density at radius 2 is 1.77 bits per heavy atom. The minimum Gasteiger partial charge on any atom is -0.486 e. The highest BCUT2D eigenvalue weighted by atomic mass is 16.6. The van der Waals surface area contributed by atoms with E-state index in [1.54, 1.807) is 49.4 Å². The van der Waals surface area contributed by atoms with Crippen LogP contribution in [0.1, 0.15) is 24.5 Å². The number of carbonyl (C=O) groups excluding carboxylic acids is 1. The molecule has 0 aliphatic carbocycles. The van der Waals surface area contributed by atoms with Crippen LogP contribution in [-0.2, 0) is 21.5 Å². The number of carboxylic acid groups (broad SMARTS) is 1. The Balaban J connectivity index is 1.79. The Morgan fingerprint density at radius 1 is 1.08 bits per heavy atom. The van der Waals surface area contributed by atoms with E-state index in [9.17, 15) is 14.7 Å². The van der Waals surface area contributed by atoms with Crippen LogP contribution in [0.15, 0.2) is 48.5 Å². The van der Waals surface area contributed by atoms with Crippen LogP contribution in [0.25, 0.3) is 0 Å². The fourth-order valence-electron chi connectivity index (χ4n) is 3.08. The van der Waals surface area contributed by atoms with E-state index < -0.39 is 11.5 Å². The van der Waals surface area contributed by atoms with Crippen LogP contribution in [0.2, 0.25) is 0 Å². The van der Waals surface area contributed by atoms with Crippen molar-refractivity contribution in [1.82, 2.24) is 5.32 Å². The van der Waals surface area contributed by atoms with Crippen molar-refractivity contribution >= 4 is 11.9 Å². The predicted molar refractivity (Wildman–Crippen MR) is 95.3 cm³/mol. The highest BCUT2D eigenvalue weighted by molar-refractivity contribution is 5.89. The fraction of sp³-hybridized carbons (Fsp3) is 0.300. The maximum absolute atomic E-state index is 12.6. The fourth-order valence-corrected chi connectivity index (χ4v) is 3.08. The van der Waals surface area contributed by atoms with E-state index in [-0.39, 0.29) is 18.7 Å². The summed E-state index contributed by atoms with van der Waals surface area (Å²) in [6, 6.07) is 14.0. The van der Waals surface area contributed by atoms with Crippen LogP contribution in [0.5, 0.6) is 11.5 Å². The number of rotatable bonds is 6. The number of benzene rings is 2. The monoisotopic (exact) mass is 355 g/mol. The lowest BCUT2D eigenvalue weighted by Crippen LogP contribution is -2.52. The molecular formula is C20H21NO5. The third kappa shape index (κ3) is 3.49. The van der Waals surface area contributed by atoms with Gasteiger partial charge in [-0.2, -0.15) is 0 Å². The Labute approximate surface area is 151 Å². The Morgan fingerprint density at radius 3 is 2.42 bits per heavy atom. The first kappa shape index (κ1) is 17.8. The first-order chi connectivity index (χ1) is 12.5. The lowest BCUT2D eigenvalue weighted by atomic mass is 9.87. The molecule has 6 heteroatoms. The van der Waals surface area contributed by atoms with Crippen molar-refractivity contribution in [3.05, 3.63) is 59.7 Å². The van der Waals surface area contributed by atoms with Gasteiger partial charge in [0, 0.05) is 0 Å². The molecule has 2 aromatic rings. The van der Waals surface area contributed by atoms with Crippen molar-refractivity contribution in [1.29, 1.82) is 0 Å². The molecule has 0 spiro atoms. The summed E-state index contributed by atoms with van der Waals surface area (Å²) in [6.45, 7) is 2.71. The third-order valence-electron chi connectivity index (χ3n) is 4.49. The van der Waals surface area contributed by atoms with E-state index in [4.69, 9.17) is 9.47 Å². The number of hydrogen-bond acceptors (Lipinski definition) is 4. The average Bonchev–Trinajstić information content (AvgIpc) is 2.66. The minimum atomic E-state index is -1.45. The number of carboxylic acids is 1. The lowest BCUT2D eigenvalue weighted by molar-refractivity contribution is -0.148.